The summed E-state index contributed by atoms with van der Waals surface area (Å²) in [6.07, 6.45) is 1.59. The van der Waals surface area contributed by atoms with Crippen LogP contribution in [-0.4, -0.2) is 15.0 Å². The summed E-state index contributed by atoms with van der Waals surface area (Å²) >= 11 is 0. The Morgan fingerprint density at radius 3 is 2.67 bits per heavy atom. The number of rotatable bonds is 1. The van der Waals surface area contributed by atoms with Crippen molar-refractivity contribution in [3.8, 4) is 0 Å². The number of hydrogen-bond donors (Lipinski definition) is 2. The minimum atomic E-state index is -0.527. The van der Waals surface area contributed by atoms with Crippen molar-refractivity contribution in [1.82, 2.24) is 15.0 Å². The number of hydrogen-bond acceptors (Lipinski definition) is 3. The fraction of sp³-hybridized carbons (Fsp3) is 0.300. The zero-order chi connectivity index (χ0) is 11.0. The zero-order valence-electron chi connectivity index (χ0n) is 8.50. The normalized spacial score (nSPS) is 11.1. The van der Waals surface area contributed by atoms with E-state index in [1.54, 1.807) is 12.3 Å². The van der Waals surface area contributed by atoms with E-state index in [-0.39, 0.29) is 11.5 Å². The van der Waals surface area contributed by atoms with Crippen LogP contribution in [0.3, 0.4) is 0 Å². The van der Waals surface area contributed by atoms with Crippen LogP contribution in [0.4, 0.5) is 0 Å². The van der Waals surface area contributed by atoms with Crippen LogP contribution in [0.15, 0.2) is 21.9 Å². The lowest BCUT2D eigenvalue weighted by molar-refractivity contribution is 0.869. The Balaban J connectivity index is 2.98. The summed E-state index contributed by atoms with van der Waals surface area (Å²) in [5.41, 5.74) is 0.318. The summed E-state index contributed by atoms with van der Waals surface area (Å²) in [4.78, 5) is 31.3. The number of aromatic amines is 2. The van der Waals surface area contributed by atoms with Crippen molar-refractivity contribution < 1.29 is 0 Å². The molecule has 2 aromatic rings. The van der Waals surface area contributed by atoms with Crippen LogP contribution in [0.25, 0.3) is 11.0 Å². The summed E-state index contributed by atoms with van der Waals surface area (Å²) in [5, 5.41) is 0.465. The van der Waals surface area contributed by atoms with Crippen molar-refractivity contribution in [2.75, 3.05) is 0 Å². The Hall–Kier alpha value is -1.91. The number of H-pyrrole nitrogens is 2. The summed E-state index contributed by atoms with van der Waals surface area (Å²) in [6.45, 7) is 3.97. The predicted molar refractivity (Wildman–Crippen MR) is 57.1 cm³/mol. The van der Waals surface area contributed by atoms with Gasteiger partial charge < -0.3 is 0 Å². The number of nitrogens with one attached hydrogen (secondary N) is 2. The van der Waals surface area contributed by atoms with E-state index in [4.69, 9.17) is 0 Å². The van der Waals surface area contributed by atoms with Crippen molar-refractivity contribution in [2.45, 2.75) is 19.8 Å². The molecule has 0 radical (unpaired) electrons. The highest BCUT2D eigenvalue weighted by Gasteiger charge is 2.09. The quantitative estimate of drug-likeness (QED) is 0.720. The third-order valence-corrected chi connectivity index (χ3v) is 2.29. The number of pyridine rings is 1. The molecule has 0 amide bonds. The zero-order valence-corrected chi connectivity index (χ0v) is 8.50. The minimum absolute atomic E-state index is 0.211. The molecule has 78 valence electrons. The number of fused-ring (bicyclic) bond motifs is 1. The molecular formula is C10H11N3O2. The number of nitrogens with zero attached hydrogens (tertiary/aromatic N) is 1. The molecule has 0 bridgehead atoms. The first kappa shape index (κ1) is 9.64. The highest BCUT2D eigenvalue weighted by atomic mass is 16.2. The SMILES string of the molecule is CC(C)c1ccnc2[nH]c(=O)[nH]c(=O)c12. The van der Waals surface area contributed by atoms with Gasteiger partial charge in [-0.2, -0.15) is 0 Å². The summed E-state index contributed by atoms with van der Waals surface area (Å²) in [7, 11) is 0. The summed E-state index contributed by atoms with van der Waals surface area (Å²) in [6, 6.07) is 1.79. The molecule has 0 spiro atoms. The third-order valence-electron chi connectivity index (χ3n) is 2.29. The van der Waals surface area contributed by atoms with E-state index >= 15 is 0 Å². The first-order valence-corrected chi connectivity index (χ1v) is 4.71. The van der Waals surface area contributed by atoms with Crippen LogP contribution in [0, 0.1) is 0 Å². The van der Waals surface area contributed by atoms with Gasteiger partial charge in [0.1, 0.15) is 5.65 Å². The van der Waals surface area contributed by atoms with Crippen LogP contribution >= 0.6 is 0 Å². The molecule has 5 heteroatoms. The predicted octanol–water partition coefficient (Wildman–Crippen LogP) is 0.735. The summed E-state index contributed by atoms with van der Waals surface area (Å²) < 4.78 is 0. The summed E-state index contributed by atoms with van der Waals surface area (Å²) in [5.74, 6) is 0.211. The molecule has 15 heavy (non-hydrogen) atoms. The van der Waals surface area contributed by atoms with Gasteiger partial charge in [-0.1, -0.05) is 13.8 Å². The second-order valence-corrected chi connectivity index (χ2v) is 3.69. The lowest BCUT2D eigenvalue weighted by Gasteiger charge is -2.07. The second kappa shape index (κ2) is 3.34. The molecule has 0 aromatic carbocycles. The van der Waals surface area contributed by atoms with Gasteiger partial charge in [-0.25, -0.2) is 9.78 Å². The molecule has 0 atom stereocenters. The van der Waals surface area contributed by atoms with E-state index in [9.17, 15) is 9.59 Å². The molecule has 2 N–H and O–H groups in total. The first-order valence-electron chi connectivity index (χ1n) is 4.71. The van der Waals surface area contributed by atoms with Crippen molar-refractivity contribution in [1.29, 1.82) is 0 Å². The Morgan fingerprint density at radius 1 is 1.27 bits per heavy atom. The topological polar surface area (TPSA) is 78.6 Å². The van der Waals surface area contributed by atoms with Crippen LogP contribution < -0.4 is 11.2 Å². The van der Waals surface area contributed by atoms with Crippen LogP contribution in [0.2, 0.25) is 0 Å². The Kier molecular flexibility index (Phi) is 2.15. The lowest BCUT2D eigenvalue weighted by Crippen LogP contribution is -2.23. The maximum atomic E-state index is 11.6. The van der Waals surface area contributed by atoms with Crippen LogP contribution in [0.1, 0.15) is 25.3 Å². The minimum Gasteiger partial charge on any atom is -0.291 e. The molecule has 2 heterocycles. The fourth-order valence-corrected chi connectivity index (χ4v) is 1.60. The van der Waals surface area contributed by atoms with Gasteiger partial charge in [0, 0.05) is 6.20 Å². The Morgan fingerprint density at radius 2 is 2.00 bits per heavy atom. The average molecular weight is 205 g/mol. The molecule has 2 rings (SSSR count). The molecule has 0 saturated carbocycles. The van der Waals surface area contributed by atoms with Gasteiger partial charge in [-0.05, 0) is 17.5 Å². The van der Waals surface area contributed by atoms with Gasteiger partial charge in [-0.3, -0.25) is 14.8 Å². The highest BCUT2D eigenvalue weighted by molar-refractivity contribution is 5.77. The maximum Gasteiger partial charge on any atom is 0.327 e. The first-order chi connectivity index (χ1) is 7.09. The van der Waals surface area contributed by atoms with Gasteiger partial charge in [-0.15, -0.1) is 0 Å². The van der Waals surface area contributed by atoms with E-state index in [1.165, 1.54) is 0 Å². The fourth-order valence-electron chi connectivity index (χ4n) is 1.60. The van der Waals surface area contributed by atoms with Crippen molar-refractivity contribution in [3.63, 3.8) is 0 Å². The average Bonchev–Trinajstić information content (AvgIpc) is 2.16. The second-order valence-electron chi connectivity index (χ2n) is 3.69. The molecule has 0 aliphatic carbocycles. The molecule has 0 fully saturated rings. The lowest BCUT2D eigenvalue weighted by atomic mass is 10.0. The van der Waals surface area contributed by atoms with Gasteiger partial charge >= 0.3 is 5.69 Å². The Bertz CT molecular complexity index is 610. The molecule has 2 aromatic heterocycles. The Labute approximate surface area is 85.2 Å². The molecule has 0 aliphatic heterocycles. The molecule has 0 unspecified atom stereocenters. The van der Waals surface area contributed by atoms with E-state index in [2.05, 4.69) is 15.0 Å². The molecular weight excluding hydrogens is 194 g/mol. The largest absolute Gasteiger partial charge is 0.327 e. The standard InChI is InChI=1S/C10H11N3O2/c1-5(2)6-3-4-11-8-7(6)9(14)13-10(15)12-8/h3-5H,1-2H3,(H2,11,12,13,14,15). The van der Waals surface area contributed by atoms with Crippen molar-refractivity contribution in [3.05, 3.63) is 38.7 Å². The van der Waals surface area contributed by atoms with Crippen molar-refractivity contribution in [2.24, 2.45) is 0 Å². The van der Waals surface area contributed by atoms with Crippen molar-refractivity contribution >= 4 is 11.0 Å². The highest BCUT2D eigenvalue weighted by Crippen LogP contribution is 2.18. The third kappa shape index (κ3) is 1.56. The molecule has 0 aliphatic rings. The van der Waals surface area contributed by atoms with Gasteiger partial charge in [0.05, 0.1) is 5.39 Å². The van der Waals surface area contributed by atoms with E-state index in [1.807, 2.05) is 13.8 Å². The van der Waals surface area contributed by atoms with E-state index in [0.29, 0.717) is 11.0 Å². The molecule has 5 nitrogen and oxygen atoms in total. The van der Waals surface area contributed by atoms with Crippen LogP contribution in [0.5, 0.6) is 0 Å². The maximum absolute atomic E-state index is 11.6. The van der Waals surface area contributed by atoms with Crippen LogP contribution in [-0.2, 0) is 0 Å². The van der Waals surface area contributed by atoms with E-state index < -0.39 is 5.69 Å². The van der Waals surface area contributed by atoms with Gasteiger partial charge in [0.2, 0.25) is 0 Å². The smallest absolute Gasteiger partial charge is 0.291 e. The van der Waals surface area contributed by atoms with Gasteiger partial charge in [0.15, 0.2) is 0 Å². The number of aromatic nitrogens is 3. The van der Waals surface area contributed by atoms with E-state index in [0.717, 1.165) is 5.56 Å². The molecule has 0 saturated heterocycles. The monoisotopic (exact) mass is 205 g/mol. The van der Waals surface area contributed by atoms with Gasteiger partial charge in [0.25, 0.3) is 5.56 Å².